The molecule has 0 radical (unpaired) electrons. The van der Waals surface area contributed by atoms with E-state index in [9.17, 15) is 9.59 Å². The highest BCUT2D eigenvalue weighted by Gasteiger charge is 2.24. The van der Waals surface area contributed by atoms with Crippen molar-refractivity contribution in [1.82, 2.24) is 4.90 Å². The molecule has 0 aliphatic carbocycles. The Bertz CT molecular complexity index is 419. The molecular formula is C16H21NO2. The quantitative estimate of drug-likeness (QED) is 0.573. The fourth-order valence-electron chi connectivity index (χ4n) is 1.12. The van der Waals surface area contributed by atoms with Crippen molar-refractivity contribution in [2.75, 3.05) is 0 Å². The van der Waals surface area contributed by atoms with Crippen molar-refractivity contribution in [1.29, 1.82) is 0 Å². The second-order valence-electron chi connectivity index (χ2n) is 4.49. The van der Waals surface area contributed by atoms with Gasteiger partial charge in [0, 0.05) is 12.2 Å². The van der Waals surface area contributed by atoms with E-state index in [2.05, 4.69) is 33.9 Å². The molecule has 1 rings (SSSR count). The first kappa shape index (κ1) is 16.8. The van der Waals surface area contributed by atoms with Gasteiger partial charge in [-0.25, -0.2) is 4.90 Å². The van der Waals surface area contributed by atoms with Crippen LogP contribution in [0, 0.1) is 5.92 Å². The Morgan fingerprint density at radius 1 is 1.11 bits per heavy atom. The maximum Gasteiger partial charge on any atom is 0.258 e. The Morgan fingerprint density at radius 2 is 1.58 bits per heavy atom. The van der Waals surface area contributed by atoms with Gasteiger partial charge >= 0.3 is 0 Å². The van der Waals surface area contributed by atoms with E-state index < -0.39 is 0 Å². The van der Waals surface area contributed by atoms with Crippen molar-refractivity contribution < 1.29 is 9.59 Å². The zero-order chi connectivity index (χ0) is 14.8. The van der Waals surface area contributed by atoms with Crippen molar-refractivity contribution in [2.24, 2.45) is 5.92 Å². The van der Waals surface area contributed by atoms with Crippen LogP contribution >= 0.6 is 0 Å². The van der Waals surface area contributed by atoms with Crippen LogP contribution in [-0.4, -0.2) is 16.7 Å². The van der Waals surface area contributed by atoms with Gasteiger partial charge in [0.2, 0.25) is 0 Å². The molecule has 2 amide bonds. The van der Waals surface area contributed by atoms with Gasteiger partial charge in [0.15, 0.2) is 0 Å². The first-order valence-corrected chi connectivity index (χ1v) is 6.12. The second kappa shape index (κ2) is 8.86. The van der Waals surface area contributed by atoms with E-state index >= 15 is 0 Å². The summed E-state index contributed by atoms with van der Waals surface area (Å²) in [6, 6.07) is 0. The third kappa shape index (κ3) is 6.36. The van der Waals surface area contributed by atoms with E-state index in [-0.39, 0.29) is 11.8 Å². The average Bonchev–Trinajstić information content (AvgIpc) is 2.65. The summed E-state index contributed by atoms with van der Waals surface area (Å²) >= 11 is 0. The lowest BCUT2D eigenvalue weighted by Crippen LogP contribution is -2.28. The normalized spacial score (nSPS) is 14.9. The van der Waals surface area contributed by atoms with E-state index in [1.54, 1.807) is 24.3 Å². The number of carbonyl (C=O) groups is 2. The van der Waals surface area contributed by atoms with Crippen LogP contribution in [0.15, 0.2) is 61.4 Å². The molecule has 0 aromatic rings. The predicted octanol–water partition coefficient (Wildman–Crippen LogP) is 3.39. The zero-order valence-electron chi connectivity index (χ0n) is 11.8. The fraction of sp³-hybridized carbons (Fsp3) is 0.250. The lowest BCUT2D eigenvalue weighted by atomic mass is 10.3. The van der Waals surface area contributed by atoms with Gasteiger partial charge in [-0.1, -0.05) is 52.2 Å². The van der Waals surface area contributed by atoms with Gasteiger partial charge in [0.05, 0.1) is 5.70 Å². The van der Waals surface area contributed by atoms with Gasteiger partial charge in [-0.3, -0.25) is 9.59 Å². The van der Waals surface area contributed by atoms with Gasteiger partial charge < -0.3 is 0 Å². The fourth-order valence-corrected chi connectivity index (χ4v) is 1.12. The molecule has 1 aliphatic rings. The molecule has 0 aromatic heterocycles. The Balaban J connectivity index is 0.000000711. The summed E-state index contributed by atoms with van der Waals surface area (Å²) in [5.74, 6) is 0.135. The van der Waals surface area contributed by atoms with Crippen molar-refractivity contribution in [3.63, 3.8) is 0 Å². The van der Waals surface area contributed by atoms with Crippen LogP contribution in [0.3, 0.4) is 0 Å². The van der Waals surface area contributed by atoms with Gasteiger partial charge in [0.1, 0.15) is 0 Å². The standard InChI is InChI=1S/C12H11NO2.C4H10/c1-3-5-6-7-10(4-2)13-11(14)8-9-12(13)15;1-4(2)3/h3-9H,1-2H2;4H,1-3H3/b6-5-,10-7+;. The predicted molar refractivity (Wildman–Crippen MR) is 79.1 cm³/mol. The number of rotatable bonds is 4. The zero-order valence-corrected chi connectivity index (χ0v) is 11.8. The summed E-state index contributed by atoms with van der Waals surface area (Å²) in [6.45, 7) is 13.6. The second-order valence-corrected chi connectivity index (χ2v) is 4.49. The molecule has 0 saturated heterocycles. The van der Waals surface area contributed by atoms with Crippen LogP contribution in [0.25, 0.3) is 0 Å². The topological polar surface area (TPSA) is 37.4 Å². The molecule has 3 nitrogen and oxygen atoms in total. The largest absolute Gasteiger partial charge is 0.269 e. The molecule has 102 valence electrons. The maximum absolute atomic E-state index is 11.3. The number of imide groups is 1. The highest BCUT2D eigenvalue weighted by molar-refractivity contribution is 6.14. The Labute approximate surface area is 115 Å². The minimum absolute atomic E-state index is 0.349. The van der Waals surface area contributed by atoms with Crippen molar-refractivity contribution in [3.8, 4) is 0 Å². The average molecular weight is 259 g/mol. The first-order valence-electron chi connectivity index (χ1n) is 6.12. The van der Waals surface area contributed by atoms with E-state index in [4.69, 9.17) is 0 Å². The molecule has 3 heteroatoms. The number of nitrogens with zero attached hydrogens (tertiary/aromatic N) is 1. The van der Waals surface area contributed by atoms with Crippen LogP contribution < -0.4 is 0 Å². The molecule has 0 spiro atoms. The smallest absolute Gasteiger partial charge is 0.258 e. The number of hydrogen-bond donors (Lipinski definition) is 0. The van der Waals surface area contributed by atoms with E-state index in [1.807, 2.05) is 0 Å². The van der Waals surface area contributed by atoms with Crippen molar-refractivity contribution >= 4 is 11.8 Å². The van der Waals surface area contributed by atoms with E-state index in [0.29, 0.717) is 5.70 Å². The van der Waals surface area contributed by atoms with Crippen LogP contribution in [0.2, 0.25) is 0 Å². The summed E-state index contributed by atoms with van der Waals surface area (Å²) in [6.07, 6.45) is 10.5. The first-order chi connectivity index (χ1) is 8.93. The highest BCUT2D eigenvalue weighted by Crippen LogP contribution is 2.13. The molecular weight excluding hydrogens is 238 g/mol. The molecule has 19 heavy (non-hydrogen) atoms. The molecule has 0 unspecified atom stereocenters. The summed E-state index contributed by atoms with van der Waals surface area (Å²) in [4.78, 5) is 23.7. The minimum atomic E-state index is -0.349. The molecule has 0 bridgehead atoms. The van der Waals surface area contributed by atoms with E-state index in [1.165, 1.54) is 18.2 Å². The summed E-state index contributed by atoms with van der Waals surface area (Å²) in [5.41, 5.74) is 0.452. The van der Waals surface area contributed by atoms with E-state index in [0.717, 1.165) is 10.8 Å². The molecule has 0 atom stereocenters. The number of amides is 2. The Morgan fingerprint density at radius 3 is 1.95 bits per heavy atom. The van der Waals surface area contributed by atoms with Crippen molar-refractivity contribution in [2.45, 2.75) is 20.8 Å². The third-order valence-corrected chi connectivity index (χ3v) is 1.79. The van der Waals surface area contributed by atoms with Crippen molar-refractivity contribution in [3.05, 3.63) is 61.4 Å². The molecule has 0 aromatic carbocycles. The van der Waals surface area contributed by atoms with Gasteiger partial charge in [-0.2, -0.15) is 0 Å². The minimum Gasteiger partial charge on any atom is -0.269 e. The molecule has 0 N–H and O–H groups in total. The molecule has 1 heterocycles. The Kier molecular flexibility index (Phi) is 7.85. The third-order valence-electron chi connectivity index (χ3n) is 1.79. The van der Waals surface area contributed by atoms with Crippen LogP contribution in [0.5, 0.6) is 0 Å². The van der Waals surface area contributed by atoms with Gasteiger partial charge in [-0.15, -0.1) is 0 Å². The lowest BCUT2D eigenvalue weighted by Gasteiger charge is -2.13. The SMILES string of the molecule is C=C/C=C\C=C(/C=C)N1C(=O)C=CC1=O.CC(C)C. The maximum atomic E-state index is 11.3. The summed E-state index contributed by atoms with van der Waals surface area (Å²) < 4.78 is 0. The van der Waals surface area contributed by atoms with Crippen LogP contribution in [0.4, 0.5) is 0 Å². The van der Waals surface area contributed by atoms with Gasteiger partial charge in [-0.05, 0) is 18.1 Å². The number of carbonyl (C=O) groups excluding carboxylic acids is 2. The number of allylic oxidation sites excluding steroid dienone is 5. The Hall–Kier alpha value is -2.16. The lowest BCUT2D eigenvalue weighted by molar-refractivity contribution is -0.134. The van der Waals surface area contributed by atoms with Crippen LogP contribution in [0.1, 0.15) is 20.8 Å². The van der Waals surface area contributed by atoms with Crippen LogP contribution in [-0.2, 0) is 9.59 Å². The molecule has 1 aliphatic heterocycles. The molecule has 0 fully saturated rings. The van der Waals surface area contributed by atoms with Gasteiger partial charge in [0.25, 0.3) is 11.8 Å². The molecule has 0 saturated carbocycles. The number of hydrogen-bond acceptors (Lipinski definition) is 2. The summed E-state index contributed by atoms with van der Waals surface area (Å²) in [5, 5.41) is 0. The highest BCUT2D eigenvalue weighted by atomic mass is 16.2. The summed E-state index contributed by atoms with van der Waals surface area (Å²) in [7, 11) is 0. The monoisotopic (exact) mass is 259 g/mol.